The smallest absolute Gasteiger partial charge is 0.475 e. The first-order chi connectivity index (χ1) is 22.3. The van der Waals surface area contributed by atoms with E-state index in [0.717, 1.165) is 94.4 Å². The van der Waals surface area contributed by atoms with Crippen molar-refractivity contribution < 1.29 is 37.4 Å². The van der Waals surface area contributed by atoms with Gasteiger partial charge in [0.15, 0.2) is 0 Å². The number of amides is 2. The van der Waals surface area contributed by atoms with Crippen molar-refractivity contribution in [3.05, 3.63) is 70.8 Å². The number of nitrogens with zero attached hydrogens (tertiary/aromatic N) is 3. The Morgan fingerprint density at radius 1 is 0.957 bits per heavy atom. The molecule has 11 heteroatoms. The summed E-state index contributed by atoms with van der Waals surface area (Å²) in [6.07, 6.45) is 2.96. The van der Waals surface area contributed by atoms with Crippen LogP contribution in [0.15, 0.2) is 48.5 Å². The van der Waals surface area contributed by atoms with Gasteiger partial charge in [-0.25, -0.2) is 9.59 Å². The van der Waals surface area contributed by atoms with Crippen molar-refractivity contribution >= 4 is 18.0 Å². The van der Waals surface area contributed by atoms with E-state index in [9.17, 15) is 22.8 Å². The summed E-state index contributed by atoms with van der Waals surface area (Å²) in [5, 5.41) is 7.12. The lowest BCUT2D eigenvalue weighted by atomic mass is 9.75. The Hall–Kier alpha value is -3.60. The molecule has 8 nitrogen and oxygen atoms in total. The largest absolute Gasteiger partial charge is 0.490 e. The highest BCUT2D eigenvalue weighted by Gasteiger charge is 2.50. The lowest BCUT2D eigenvalue weighted by Gasteiger charge is -2.52. The molecule has 3 fully saturated rings. The molecular formula is C36H48F3N3O5. The van der Waals surface area contributed by atoms with Crippen LogP contribution in [-0.2, 0) is 16.0 Å². The lowest BCUT2D eigenvalue weighted by Crippen LogP contribution is -2.61. The van der Waals surface area contributed by atoms with E-state index in [4.69, 9.17) is 14.6 Å². The normalized spacial score (nSPS) is 20.4. The maximum Gasteiger partial charge on any atom is 0.490 e. The van der Waals surface area contributed by atoms with Gasteiger partial charge in [-0.2, -0.15) is 13.2 Å². The fourth-order valence-electron chi connectivity index (χ4n) is 7.25. The Balaban J connectivity index is 0.000000644. The molecule has 1 unspecified atom stereocenters. The summed E-state index contributed by atoms with van der Waals surface area (Å²) in [6, 6.07) is 17.0. The van der Waals surface area contributed by atoms with Gasteiger partial charge in [0.2, 0.25) is 0 Å². The summed E-state index contributed by atoms with van der Waals surface area (Å²) in [6.45, 7) is 11.4. The number of carbonyl (C=O) groups excluding carboxylic acids is 2. The summed E-state index contributed by atoms with van der Waals surface area (Å²) >= 11 is 0. The van der Waals surface area contributed by atoms with Gasteiger partial charge in [-0.1, -0.05) is 68.3 Å². The lowest BCUT2D eigenvalue weighted by molar-refractivity contribution is -0.192. The van der Waals surface area contributed by atoms with Crippen LogP contribution in [0.2, 0.25) is 0 Å². The molecule has 0 radical (unpaired) electrons. The monoisotopic (exact) mass is 659 g/mol. The summed E-state index contributed by atoms with van der Waals surface area (Å²) in [4.78, 5) is 42.0. The summed E-state index contributed by atoms with van der Waals surface area (Å²) in [5.74, 6) is -2.19. The number of hydrogen-bond donors (Lipinski definition) is 1. The molecule has 258 valence electrons. The molecule has 2 aromatic carbocycles. The number of hydrogen-bond acceptors (Lipinski definition) is 5. The van der Waals surface area contributed by atoms with Crippen molar-refractivity contribution in [3.63, 3.8) is 0 Å². The molecule has 3 aliphatic rings. The van der Waals surface area contributed by atoms with Gasteiger partial charge in [-0.3, -0.25) is 9.69 Å². The SMILES string of the molecule is CCCCC1CN(CCc2ccccc2)C(=O)OC12CCN(C1CCN(C(=O)c3c(C)cccc3C)CC1)CC2.O=C(O)C(F)(F)F. The number of ether oxygens (including phenoxy) is 1. The van der Waals surface area contributed by atoms with E-state index in [0.29, 0.717) is 18.5 Å². The second-order valence-electron chi connectivity index (χ2n) is 13.1. The van der Waals surface area contributed by atoms with Crippen LogP contribution in [0.3, 0.4) is 0 Å². The van der Waals surface area contributed by atoms with Crippen molar-refractivity contribution in [3.8, 4) is 0 Å². The number of benzene rings is 2. The van der Waals surface area contributed by atoms with Crippen LogP contribution in [0.1, 0.15) is 78.9 Å². The Morgan fingerprint density at radius 3 is 2.11 bits per heavy atom. The number of halogens is 3. The summed E-state index contributed by atoms with van der Waals surface area (Å²) < 4.78 is 38.1. The topological polar surface area (TPSA) is 90.4 Å². The molecule has 2 aromatic rings. The number of likely N-dealkylation sites (tertiary alicyclic amines) is 2. The van der Waals surface area contributed by atoms with Gasteiger partial charge in [-0.15, -0.1) is 0 Å². The highest BCUT2D eigenvalue weighted by atomic mass is 19.4. The number of alkyl halides is 3. The zero-order chi connectivity index (χ0) is 34.2. The van der Waals surface area contributed by atoms with Crippen LogP contribution in [0.25, 0.3) is 0 Å². The molecule has 1 N–H and O–H groups in total. The van der Waals surface area contributed by atoms with Crippen LogP contribution >= 0.6 is 0 Å². The van der Waals surface area contributed by atoms with Gasteiger partial charge in [0, 0.05) is 69.6 Å². The number of carbonyl (C=O) groups is 3. The van der Waals surface area contributed by atoms with E-state index in [2.05, 4.69) is 36.1 Å². The van der Waals surface area contributed by atoms with Gasteiger partial charge in [0.05, 0.1) is 0 Å². The van der Waals surface area contributed by atoms with Gasteiger partial charge in [-0.05, 0) is 56.2 Å². The van der Waals surface area contributed by atoms with Gasteiger partial charge < -0.3 is 19.6 Å². The molecule has 0 saturated carbocycles. The standard InChI is InChI=1S/C34H47N3O3.C2HF3O2/c1-4-5-14-29-25-37(20-15-28-12-7-6-8-13-28)33(39)40-34(29)18-23-35(24-19-34)30-16-21-36(22-17-30)32(38)31-26(2)10-9-11-27(31)3;3-2(4,5)1(6)7/h6-13,29-30H,4-5,14-25H2,1-3H3;(H,6,7). The van der Waals surface area contributed by atoms with Crippen molar-refractivity contribution in [2.75, 3.05) is 39.3 Å². The molecule has 1 spiro atoms. The average Bonchev–Trinajstić information content (AvgIpc) is 3.04. The Labute approximate surface area is 275 Å². The zero-order valence-electron chi connectivity index (χ0n) is 27.7. The van der Waals surface area contributed by atoms with E-state index >= 15 is 0 Å². The van der Waals surface area contributed by atoms with Crippen LogP contribution in [0, 0.1) is 19.8 Å². The highest BCUT2D eigenvalue weighted by molar-refractivity contribution is 5.97. The molecule has 3 saturated heterocycles. The molecule has 47 heavy (non-hydrogen) atoms. The molecule has 1 atom stereocenters. The van der Waals surface area contributed by atoms with Crippen LogP contribution in [0.5, 0.6) is 0 Å². The molecule has 2 amide bonds. The van der Waals surface area contributed by atoms with E-state index < -0.39 is 12.1 Å². The Kier molecular flexibility index (Phi) is 12.3. The van der Waals surface area contributed by atoms with Gasteiger partial charge >= 0.3 is 18.2 Å². The molecule has 5 rings (SSSR count). The van der Waals surface area contributed by atoms with Gasteiger partial charge in [0.25, 0.3) is 5.91 Å². The maximum atomic E-state index is 13.3. The maximum absolute atomic E-state index is 13.3. The Morgan fingerprint density at radius 2 is 1.55 bits per heavy atom. The van der Waals surface area contributed by atoms with Crippen LogP contribution in [-0.4, -0.2) is 94.9 Å². The third-order valence-corrected chi connectivity index (χ3v) is 10.0. The number of aryl methyl sites for hydroxylation is 2. The molecule has 3 heterocycles. The molecule has 3 aliphatic heterocycles. The van der Waals surface area contributed by atoms with E-state index in [1.54, 1.807) is 0 Å². The van der Waals surface area contributed by atoms with E-state index in [-0.39, 0.29) is 17.6 Å². The fraction of sp³-hybridized carbons (Fsp3) is 0.583. The predicted octanol–water partition coefficient (Wildman–Crippen LogP) is 6.88. The third-order valence-electron chi connectivity index (χ3n) is 10.0. The fourth-order valence-corrected chi connectivity index (χ4v) is 7.25. The first kappa shape index (κ1) is 36.2. The molecule has 0 aliphatic carbocycles. The van der Waals surface area contributed by atoms with Crippen LogP contribution in [0.4, 0.5) is 18.0 Å². The average molecular weight is 660 g/mol. The summed E-state index contributed by atoms with van der Waals surface area (Å²) in [7, 11) is 0. The number of piperidine rings is 2. The van der Waals surface area contributed by atoms with Crippen molar-refractivity contribution in [1.82, 2.24) is 14.7 Å². The Bertz CT molecular complexity index is 1330. The van der Waals surface area contributed by atoms with Crippen molar-refractivity contribution in [2.24, 2.45) is 5.92 Å². The van der Waals surface area contributed by atoms with Crippen molar-refractivity contribution in [1.29, 1.82) is 0 Å². The number of carboxylic acids is 1. The second-order valence-corrected chi connectivity index (χ2v) is 13.1. The second kappa shape index (κ2) is 16.0. The minimum atomic E-state index is -5.08. The first-order valence-electron chi connectivity index (χ1n) is 16.8. The third kappa shape index (κ3) is 9.27. The predicted molar refractivity (Wildman–Crippen MR) is 173 cm³/mol. The molecule has 0 bridgehead atoms. The van der Waals surface area contributed by atoms with E-state index in [1.165, 1.54) is 12.0 Å². The minimum absolute atomic E-state index is 0.129. The van der Waals surface area contributed by atoms with E-state index in [1.807, 2.05) is 47.9 Å². The molecule has 0 aromatic heterocycles. The molecular weight excluding hydrogens is 611 g/mol. The number of rotatable bonds is 8. The minimum Gasteiger partial charge on any atom is -0.475 e. The number of carboxylic acid groups (broad SMARTS) is 1. The summed E-state index contributed by atoms with van der Waals surface area (Å²) in [5.41, 5.74) is 3.93. The number of unbranched alkanes of at least 4 members (excludes halogenated alkanes) is 1. The quantitative estimate of drug-likeness (QED) is 0.333. The first-order valence-corrected chi connectivity index (χ1v) is 16.8. The van der Waals surface area contributed by atoms with Crippen molar-refractivity contribution in [2.45, 2.75) is 90.0 Å². The highest BCUT2D eigenvalue weighted by Crippen LogP contribution is 2.41. The van der Waals surface area contributed by atoms with Gasteiger partial charge in [0.1, 0.15) is 5.60 Å². The van der Waals surface area contributed by atoms with Crippen LogP contribution < -0.4 is 0 Å². The number of aliphatic carboxylic acids is 1. The zero-order valence-corrected chi connectivity index (χ0v) is 27.7.